The van der Waals surface area contributed by atoms with Crippen LogP contribution in [0, 0.1) is 20.8 Å². The molecule has 5 nitrogen and oxygen atoms in total. The zero-order chi connectivity index (χ0) is 22.1. The molecule has 0 aliphatic carbocycles. The standard InChI is InChI=1S/C24H20Cl2N4O/c1-14-5-4-6-20(16(14)3)27-24(31)22-28-23(17-8-11-18(25)12-9-17)30(29-22)21-13-19(26)10-7-15(21)2/h4-13H,1-3H3,(H,27,31). The number of anilines is 1. The van der Waals surface area contributed by atoms with E-state index in [-0.39, 0.29) is 11.7 Å². The minimum absolute atomic E-state index is 0.0604. The summed E-state index contributed by atoms with van der Waals surface area (Å²) in [6, 6.07) is 18.5. The van der Waals surface area contributed by atoms with Crippen LogP contribution in [0.1, 0.15) is 27.3 Å². The van der Waals surface area contributed by atoms with Crippen molar-refractivity contribution in [1.29, 1.82) is 0 Å². The fraction of sp³-hybridized carbons (Fsp3) is 0.125. The van der Waals surface area contributed by atoms with Gasteiger partial charge in [-0.25, -0.2) is 9.67 Å². The van der Waals surface area contributed by atoms with Crippen molar-refractivity contribution in [2.45, 2.75) is 20.8 Å². The van der Waals surface area contributed by atoms with Gasteiger partial charge in [0.2, 0.25) is 5.82 Å². The molecule has 1 N–H and O–H groups in total. The Balaban J connectivity index is 1.81. The average Bonchev–Trinajstić information content (AvgIpc) is 3.19. The van der Waals surface area contributed by atoms with Gasteiger partial charge >= 0.3 is 0 Å². The highest BCUT2D eigenvalue weighted by Gasteiger charge is 2.20. The van der Waals surface area contributed by atoms with Gasteiger partial charge in [0, 0.05) is 21.3 Å². The third-order valence-corrected chi connectivity index (χ3v) is 5.65. The number of benzene rings is 3. The van der Waals surface area contributed by atoms with E-state index in [0.29, 0.717) is 15.9 Å². The molecular weight excluding hydrogens is 431 g/mol. The Morgan fingerprint density at radius 1 is 0.903 bits per heavy atom. The Kier molecular flexibility index (Phi) is 5.81. The van der Waals surface area contributed by atoms with Crippen LogP contribution >= 0.6 is 23.2 Å². The van der Waals surface area contributed by atoms with Gasteiger partial charge in [-0.15, -0.1) is 5.10 Å². The zero-order valence-electron chi connectivity index (χ0n) is 17.3. The van der Waals surface area contributed by atoms with Gasteiger partial charge in [0.1, 0.15) is 0 Å². The number of rotatable bonds is 4. The first-order valence-electron chi connectivity index (χ1n) is 9.70. The molecule has 0 saturated carbocycles. The number of hydrogen-bond acceptors (Lipinski definition) is 3. The van der Waals surface area contributed by atoms with Crippen molar-refractivity contribution in [2.24, 2.45) is 0 Å². The van der Waals surface area contributed by atoms with E-state index in [1.54, 1.807) is 22.9 Å². The number of carbonyl (C=O) groups is 1. The van der Waals surface area contributed by atoms with E-state index in [9.17, 15) is 4.79 Å². The molecule has 1 heterocycles. The first-order valence-corrected chi connectivity index (χ1v) is 10.5. The van der Waals surface area contributed by atoms with Crippen LogP contribution in [0.3, 0.4) is 0 Å². The summed E-state index contributed by atoms with van der Waals surface area (Å²) in [5.74, 6) is 0.195. The normalized spacial score (nSPS) is 10.9. The molecule has 0 radical (unpaired) electrons. The first kappa shape index (κ1) is 21.1. The molecule has 3 aromatic carbocycles. The molecule has 1 amide bonds. The predicted octanol–water partition coefficient (Wildman–Crippen LogP) is 6.42. The molecule has 0 bridgehead atoms. The molecule has 4 rings (SSSR count). The maximum Gasteiger partial charge on any atom is 0.295 e. The SMILES string of the molecule is Cc1ccc(Cl)cc1-n1nc(C(=O)Nc2cccc(C)c2C)nc1-c1ccc(Cl)cc1. The summed E-state index contributed by atoms with van der Waals surface area (Å²) in [4.78, 5) is 17.6. The summed E-state index contributed by atoms with van der Waals surface area (Å²) in [5.41, 5.74) is 5.30. The minimum Gasteiger partial charge on any atom is -0.319 e. The van der Waals surface area contributed by atoms with E-state index < -0.39 is 0 Å². The lowest BCUT2D eigenvalue weighted by Gasteiger charge is -2.10. The lowest BCUT2D eigenvalue weighted by molar-refractivity contribution is 0.101. The van der Waals surface area contributed by atoms with Gasteiger partial charge in [0.25, 0.3) is 5.91 Å². The highest BCUT2D eigenvalue weighted by molar-refractivity contribution is 6.31. The maximum absolute atomic E-state index is 13.0. The number of amides is 1. The highest BCUT2D eigenvalue weighted by Crippen LogP contribution is 2.27. The van der Waals surface area contributed by atoms with Crippen LogP contribution in [-0.4, -0.2) is 20.7 Å². The van der Waals surface area contributed by atoms with Gasteiger partial charge in [-0.05, 0) is 79.9 Å². The summed E-state index contributed by atoms with van der Waals surface area (Å²) in [5, 5.41) is 8.63. The fourth-order valence-electron chi connectivity index (χ4n) is 3.24. The second kappa shape index (κ2) is 8.53. The third kappa shape index (κ3) is 4.33. The van der Waals surface area contributed by atoms with Gasteiger partial charge in [0.15, 0.2) is 5.82 Å². The van der Waals surface area contributed by atoms with E-state index in [0.717, 1.165) is 33.6 Å². The van der Waals surface area contributed by atoms with E-state index >= 15 is 0 Å². The lowest BCUT2D eigenvalue weighted by atomic mass is 10.1. The van der Waals surface area contributed by atoms with Crippen LogP contribution in [0.5, 0.6) is 0 Å². The quantitative estimate of drug-likeness (QED) is 0.390. The third-order valence-electron chi connectivity index (χ3n) is 5.16. The first-order chi connectivity index (χ1) is 14.8. The Morgan fingerprint density at radius 2 is 1.61 bits per heavy atom. The molecule has 0 atom stereocenters. The van der Waals surface area contributed by atoms with Crippen molar-refractivity contribution >= 4 is 34.8 Å². The summed E-state index contributed by atoms with van der Waals surface area (Å²) in [6.07, 6.45) is 0. The second-order valence-corrected chi connectivity index (χ2v) is 8.18. The lowest BCUT2D eigenvalue weighted by Crippen LogP contribution is -2.15. The highest BCUT2D eigenvalue weighted by atomic mass is 35.5. The fourth-order valence-corrected chi connectivity index (χ4v) is 3.53. The van der Waals surface area contributed by atoms with Crippen LogP contribution in [-0.2, 0) is 0 Å². The van der Waals surface area contributed by atoms with Crippen molar-refractivity contribution < 1.29 is 4.79 Å². The number of nitrogens with zero attached hydrogens (tertiary/aromatic N) is 3. The number of carbonyl (C=O) groups excluding carboxylic acids is 1. The number of halogens is 2. The zero-order valence-corrected chi connectivity index (χ0v) is 18.8. The summed E-state index contributed by atoms with van der Waals surface area (Å²) < 4.78 is 1.64. The van der Waals surface area contributed by atoms with Crippen LogP contribution in [0.2, 0.25) is 10.0 Å². The van der Waals surface area contributed by atoms with E-state index in [1.807, 2.05) is 63.2 Å². The smallest absolute Gasteiger partial charge is 0.295 e. The summed E-state index contributed by atoms with van der Waals surface area (Å²) >= 11 is 12.3. The van der Waals surface area contributed by atoms with Gasteiger partial charge in [-0.3, -0.25) is 4.79 Å². The molecule has 0 spiro atoms. The van der Waals surface area contributed by atoms with Gasteiger partial charge in [-0.2, -0.15) is 0 Å². The molecule has 0 fully saturated rings. The molecule has 1 aromatic heterocycles. The Labute approximate surface area is 190 Å². The minimum atomic E-state index is -0.387. The van der Waals surface area contributed by atoms with Gasteiger partial charge in [-0.1, -0.05) is 41.4 Å². The van der Waals surface area contributed by atoms with Crippen molar-refractivity contribution in [3.8, 4) is 17.1 Å². The van der Waals surface area contributed by atoms with E-state index in [2.05, 4.69) is 15.4 Å². The number of aromatic nitrogens is 3. The number of aryl methyl sites for hydroxylation is 2. The number of nitrogens with one attached hydrogen (secondary N) is 1. The molecule has 0 aliphatic rings. The molecule has 4 aromatic rings. The van der Waals surface area contributed by atoms with Crippen molar-refractivity contribution in [3.63, 3.8) is 0 Å². The largest absolute Gasteiger partial charge is 0.319 e. The summed E-state index contributed by atoms with van der Waals surface area (Å²) in [7, 11) is 0. The van der Waals surface area contributed by atoms with Crippen LogP contribution < -0.4 is 5.32 Å². The Morgan fingerprint density at radius 3 is 2.35 bits per heavy atom. The van der Waals surface area contributed by atoms with Crippen molar-refractivity contribution in [2.75, 3.05) is 5.32 Å². The summed E-state index contributed by atoms with van der Waals surface area (Å²) in [6.45, 7) is 5.92. The molecule has 31 heavy (non-hydrogen) atoms. The van der Waals surface area contributed by atoms with E-state index in [1.165, 1.54) is 0 Å². The van der Waals surface area contributed by atoms with Gasteiger partial charge < -0.3 is 5.32 Å². The van der Waals surface area contributed by atoms with Crippen LogP contribution in [0.15, 0.2) is 60.7 Å². The van der Waals surface area contributed by atoms with Gasteiger partial charge in [0.05, 0.1) is 5.69 Å². The van der Waals surface area contributed by atoms with Crippen LogP contribution in [0.25, 0.3) is 17.1 Å². The second-order valence-electron chi connectivity index (χ2n) is 7.31. The van der Waals surface area contributed by atoms with Crippen molar-refractivity contribution in [3.05, 3.63) is 93.2 Å². The average molecular weight is 451 g/mol. The topological polar surface area (TPSA) is 59.8 Å². The monoisotopic (exact) mass is 450 g/mol. The van der Waals surface area contributed by atoms with Crippen LogP contribution in [0.4, 0.5) is 5.69 Å². The molecule has 156 valence electrons. The molecule has 7 heteroatoms. The molecular formula is C24H20Cl2N4O. The molecule has 0 unspecified atom stereocenters. The van der Waals surface area contributed by atoms with E-state index in [4.69, 9.17) is 23.2 Å². The molecule has 0 saturated heterocycles. The Bertz CT molecular complexity index is 1280. The van der Waals surface area contributed by atoms with Crippen molar-refractivity contribution in [1.82, 2.24) is 14.8 Å². The maximum atomic E-state index is 13.0. The Hall–Kier alpha value is -3.15. The number of hydrogen-bond donors (Lipinski definition) is 1. The predicted molar refractivity (Wildman–Crippen MR) is 125 cm³/mol. The molecule has 0 aliphatic heterocycles.